The van der Waals surface area contributed by atoms with Gasteiger partial charge in [-0.15, -0.1) is 0 Å². The van der Waals surface area contributed by atoms with Gasteiger partial charge in [-0.05, 0) is 72.2 Å². The summed E-state index contributed by atoms with van der Waals surface area (Å²) in [5, 5.41) is 21.5. The highest BCUT2D eigenvalue weighted by atomic mass is 16.6. The van der Waals surface area contributed by atoms with Crippen LogP contribution < -0.4 is 9.64 Å². The number of carbonyl (C=O) groups excluding carboxylic acids is 3. The number of aliphatic carboxylic acids is 1. The molecule has 6 atom stereocenters. The zero-order chi connectivity index (χ0) is 41.1. The van der Waals surface area contributed by atoms with Crippen molar-refractivity contribution in [3.63, 3.8) is 0 Å². The molecule has 12 nitrogen and oxygen atoms in total. The number of hydrogen-bond acceptors (Lipinski definition) is 10. The summed E-state index contributed by atoms with van der Waals surface area (Å²) >= 11 is 0. The molecule has 2 N–H and O–H groups in total. The number of ether oxygens (including phenoxy) is 4. The van der Waals surface area contributed by atoms with Gasteiger partial charge in [0.2, 0.25) is 5.91 Å². The lowest BCUT2D eigenvalue weighted by Crippen LogP contribution is -2.53. The van der Waals surface area contributed by atoms with Crippen LogP contribution in [0.25, 0.3) is 0 Å². The number of cyclic esters (lactones) is 1. The topological polar surface area (TPSA) is 152 Å². The molecule has 3 aliphatic heterocycles. The van der Waals surface area contributed by atoms with Crippen LogP contribution in [0.2, 0.25) is 0 Å². The molecular formula is C47H44N2O10. The van der Waals surface area contributed by atoms with Crippen LogP contribution in [-0.4, -0.2) is 78.6 Å². The number of anilines is 1. The van der Waals surface area contributed by atoms with Gasteiger partial charge in [0.1, 0.15) is 42.4 Å². The van der Waals surface area contributed by atoms with Crippen LogP contribution in [-0.2, 0) is 34.0 Å². The van der Waals surface area contributed by atoms with Gasteiger partial charge >= 0.3 is 18.0 Å². The molecule has 0 radical (unpaired) electrons. The number of methoxy groups -OCH3 is 1. The van der Waals surface area contributed by atoms with Crippen molar-refractivity contribution >= 4 is 29.6 Å². The van der Waals surface area contributed by atoms with E-state index in [0.717, 1.165) is 36.2 Å². The van der Waals surface area contributed by atoms with Gasteiger partial charge in [-0.3, -0.25) is 19.3 Å². The summed E-state index contributed by atoms with van der Waals surface area (Å²) in [6.07, 6.45) is 3.98. The Kier molecular flexibility index (Phi) is 11.3. The standard InChI is InChI=1S/C47H44N2O10/c1-56-27-28-58-46(55)48-36-24-23-31(22-21-30-13-5-2-6-14-30)29-35(36)47(45(48)54)38(43(51)52)40-44(53)59-41(33-17-9-4-10-18-33)39(32-15-7-3-8-16-32)49(40)42(47)34-19-11-12-20-37(34)57-26-25-50/h3-4,7-13,15-20,23-24,29,38-42,50H,2,5-6,14,25-28H2,1H3,(H,51,52)/t38-,39-,40-,41+,42+,47-/m0/s1. The Morgan fingerprint density at radius 2 is 1.59 bits per heavy atom. The van der Waals surface area contributed by atoms with Crippen LogP contribution >= 0.6 is 0 Å². The first-order chi connectivity index (χ1) is 28.8. The first-order valence-corrected chi connectivity index (χ1v) is 19.8. The van der Waals surface area contributed by atoms with E-state index in [2.05, 4.69) is 17.9 Å². The molecule has 12 heteroatoms. The number of imide groups is 1. The van der Waals surface area contributed by atoms with Crippen molar-refractivity contribution in [2.45, 2.75) is 55.3 Å². The van der Waals surface area contributed by atoms with Crippen molar-refractivity contribution in [3.05, 3.63) is 143 Å². The molecule has 0 saturated carbocycles. The normalized spacial score (nSPS) is 24.7. The summed E-state index contributed by atoms with van der Waals surface area (Å²) in [5.74, 6) is 1.78. The fourth-order valence-electron chi connectivity index (χ4n) is 9.29. The van der Waals surface area contributed by atoms with Crippen LogP contribution in [0.1, 0.15) is 71.7 Å². The Bertz CT molecular complexity index is 2340. The van der Waals surface area contributed by atoms with E-state index in [4.69, 9.17) is 18.9 Å². The zero-order valence-corrected chi connectivity index (χ0v) is 32.5. The number of carboxylic acid groups (broad SMARTS) is 1. The molecular weight excluding hydrogens is 753 g/mol. The highest BCUT2D eigenvalue weighted by Gasteiger charge is 2.76. The monoisotopic (exact) mass is 796 g/mol. The number of para-hydroxylation sites is 1. The lowest BCUT2D eigenvalue weighted by atomic mass is 9.65. The second-order valence-corrected chi connectivity index (χ2v) is 14.9. The molecule has 4 aliphatic rings. The van der Waals surface area contributed by atoms with E-state index < -0.39 is 59.5 Å². The first-order valence-electron chi connectivity index (χ1n) is 19.8. The van der Waals surface area contributed by atoms with Gasteiger partial charge in [-0.2, -0.15) is 0 Å². The van der Waals surface area contributed by atoms with Gasteiger partial charge in [-0.25, -0.2) is 9.69 Å². The predicted octanol–water partition coefficient (Wildman–Crippen LogP) is 6.44. The van der Waals surface area contributed by atoms with Gasteiger partial charge in [-0.1, -0.05) is 96.8 Å². The maximum Gasteiger partial charge on any atom is 0.421 e. The molecule has 2 saturated heterocycles. The molecule has 1 aliphatic carbocycles. The lowest BCUT2D eigenvalue weighted by molar-refractivity contribution is -0.179. The number of allylic oxidation sites excluding steroid dienone is 2. The maximum atomic E-state index is 15.9. The smallest absolute Gasteiger partial charge is 0.421 e. The highest BCUT2D eigenvalue weighted by Crippen LogP contribution is 2.66. The van der Waals surface area contributed by atoms with Crippen LogP contribution in [0.5, 0.6) is 5.75 Å². The number of morpholine rings is 1. The van der Waals surface area contributed by atoms with E-state index in [1.807, 2.05) is 60.7 Å². The Morgan fingerprint density at radius 3 is 2.29 bits per heavy atom. The van der Waals surface area contributed by atoms with Crippen molar-refractivity contribution in [1.29, 1.82) is 0 Å². The third-order valence-electron chi connectivity index (χ3n) is 11.6. The zero-order valence-electron chi connectivity index (χ0n) is 32.5. The third-order valence-corrected chi connectivity index (χ3v) is 11.6. The number of carbonyl (C=O) groups is 4. The van der Waals surface area contributed by atoms with Crippen LogP contribution in [0.15, 0.2) is 115 Å². The molecule has 3 heterocycles. The van der Waals surface area contributed by atoms with E-state index >= 15 is 4.79 Å². The number of rotatable bonds is 10. The van der Waals surface area contributed by atoms with Crippen molar-refractivity contribution in [1.82, 2.24) is 4.90 Å². The highest BCUT2D eigenvalue weighted by molar-refractivity contribution is 6.23. The van der Waals surface area contributed by atoms with Gasteiger partial charge < -0.3 is 29.2 Å². The number of aliphatic hydroxyl groups is 1. The molecule has 0 aromatic heterocycles. The fraction of sp³-hybridized carbons (Fsp3) is 0.319. The first kappa shape index (κ1) is 39.6. The van der Waals surface area contributed by atoms with Crippen LogP contribution in [0.4, 0.5) is 10.5 Å². The quantitative estimate of drug-likeness (QED) is 0.104. The summed E-state index contributed by atoms with van der Waals surface area (Å²) in [6, 6.07) is 26.6. The van der Waals surface area contributed by atoms with Gasteiger partial charge in [0.25, 0.3) is 0 Å². The van der Waals surface area contributed by atoms with Crippen LogP contribution in [0.3, 0.4) is 0 Å². The van der Waals surface area contributed by atoms with Gasteiger partial charge in [0.05, 0.1) is 31.0 Å². The summed E-state index contributed by atoms with van der Waals surface area (Å²) in [5.41, 5.74) is 1.31. The summed E-state index contributed by atoms with van der Waals surface area (Å²) in [6.45, 7) is -0.574. The molecule has 4 aromatic rings. The van der Waals surface area contributed by atoms with Gasteiger partial charge in [0, 0.05) is 18.2 Å². The molecule has 4 aromatic carbocycles. The van der Waals surface area contributed by atoms with E-state index in [-0.39, 0.29) is 43.4 Å². The molecule has 0 bridgehead atoms. The number of nitrogens with zero attached hydrogens (tertiary/aromatic N) is 2. The minimum Gasteiger partial charge on any atom is -0.491 e. The largest absolute Gasteiger partial charge is 0.491 e. The number of fused-ring (bicyclic) bond motifs is 3. The number of esters is 1. The van der Waals surface area contributed by atoms with E-state index in [1.54, 1.807) is 47.4 Å². The van der Waals surface area contributed by atoms with E-state index in [9.17, 15) is 24.6 Å². The van der Waals surface area contributed by atoms with Crippen molar-refractivity contribution < 1.29 is 48.3 Å². The van der Waals surface area contributed by atoms with Crippen LogP contribution in [0, 0.1) is 17.8 Å². The van der Waals surface area contributed by atoms with Gasteiger partial charge in [0.15, 0.2) is 0 Å². The molecule has 2 fully saturated rings. The minimum atomic E-state index is -2.18. The van der Waals surface area contributed by atoms with Crippen molar-refractivity contribution in [3.8, 4) is 17.6 Å². The number of amides is 2. The summed E-state index contributed by atoms with van der Waals surface area (Å²) in [4.78, 5) is 61.7. The Balaban J connectivity index is 1.45. The Labute approximate surface area is 341 Å². The van der Waals surface area contributed by atoms with Crippen molar-refractivity contribution in [2.75, 3.05) is 38.4 Å². The lowest BCUT2D eigenvalue weighted by Gasteiger charge is -2.46. The average Bonchev–Trinajstić information content (AvgIpc) is 3.72. The predicted molar refractivity (Wildman–Crippen MR) is 215 cm³/mol. The maximum absolute atomic E-state index is 15.9. The molecule has 1 spiro atoms. The van der Waals surface area contributed by atoms with Crippen molar-refractivity contribution in [2.24, 2.45) is 5.92 Å². The average molecular weight is 797 g/mol. The Morgan fingerprint density at radius 1 is 0.864 bits per heavy atom. The minimum absolute atomic E-state index is 0.0490. The molecule has 8 rings (SSSR count). The second kappa shape index (κ2) is 16.9. The number of carboxylic acids is 1. The number of aliphatic hydroxyl groups excluding tert-OH is 1. The van der Waals surface area contributed by atoms with E-state index in [1.165, 1.54) is 7.11 Å². The third kappa shape index (κ3) is 6.95. The molecule has 59 heavy (non-hydrogen) atoms. The molecule has 2 amide bonds. The molecule has 0 unspecified atom stereocenters. The second-order valence-electron chi connectivity index (χ2n) is 14.9. The number of benzene rings is 4. The number of hydrogen-bond donors (Lipinski definition) is 2. The summed E-state index contributed by atoms with van der Waals surface area (Å²) in [7, 11) is 1.45. The van der Waals surface area contributed by atoms with E-state index in [0.29, 0.717) is 22.3 Å². The fourth-order valence-corrected chi connectivity index (χ4v) is 9.29. The SMILES string of the molecule is COCCOC(=O)N1C(=O)[C@@]2(c3cc(C#CC4=CCCCC4)ccc31)[C@H](C(=O)O)[C@H]1C(=O)O[C@H](c3ccccc3)[C@H](c3ccccc3)N1[C@@H]2c1ccccc1OCCO. The molecule has 302 valence electrons. The Hall–Kier alpha value is -6.26. The summed E-state index contributed by atoms with van der Waals surface area (Å²) < 4.78 is 23.2.